The number of rotatable bonds is 3. The topological polar surface area (TPSA) is 50.7 Å². The van der Waals surface area contributed by atoms with E-state index in [-0.39, 0.29) is 11.2 Å². The van der Waals surface area contributed by atoms with Crippen LogP contribution in [0.4, 0.5) is 8.78 Å². The lowest BCUT2D eigenvalue weighted by molar-refractivity contribution is 0.0746. The molecule has 0 aliphatic heterocycles. The van der Waals surface area contributed by atoms with E-state index in [2.05, 4.69) is 4.98 Å². The van der Waals surface area contributed by atoms with Gasteiger partial charge in [0, 0.05) is 22.7 Å². The number of furan rings is 1. The van der Waals surface area contributed by atoms with Gasteiger partial charge in [-0.25, -0.2) is 13.8 Å². The highest BCUT2D eigenvalue weighted by atomic mass is 19.1. The normalized spacial score (nSPS) is 12.2. The molecular formula is C24H18F2N2O2. The molecule has 0 saturated heterocycles. The molecular weight excluding hydrogens is 386 g/mol. The summed E-state index contributed by atoms with van der Waals surface area (Å²) in [7, 11) is 0. The number of hydrogen-bond donors (Lipinski definition) is 1. The third-order valence-corrected chi connectivity index (χ3v) is 5.23. The van der Waals surface area contributed by atoms with Crippen molar-refractivity contribution in [1.29, 1.82) is 0 Å². The molecule has 0 bridgehead atoms. The predicted molar refractivity (Wildman–Crippen MR) is 111 cm³/mol. The van der Waals surface area contributed by atoms with Gasteiger partial charge >= 0.3 is 0 Å². The second-order valence-electron chi connectivity index (χ2n) is 7.78. The molecule has 0 spiro atoms. The summed E-state index contributed by atoms with van der Waals surface area (Å²) in [6, 6.07) is 15.4. The van der Waals surface area contributed by atoms with E-state index in [0.717, 1.165) is 5.39 Å². The first kappa shape index (κ1) is 18.5. The fraction of sp³-hybridized carbons (Fsp3) is 0.125. The fourth-order valence-electron chi connectivity index (χ4n) is 3.69. The van der Waals surface area contributed by atoms with Crippen molar-refractivity contribution >= 4 is 16.6 Å². The average molecular weight is 404 g/mol. The molecule has 5 aromatic rings. The van der Waals surface area contributed by atoms with Gasteiger partial charge in [-0.2, -0.15) is 0 Å². The second-order valence-corrected chi connectivity index (χ2v) is 7.78. The van der Waals surface area contributed by atoms with Crippen molar-refractivity contribution in [2.75, 3.05) is 0 Å². The number of para-hydroxylation sites is 1. The van der Waals surface area contributed by atoms with Crippen LogP contribution in [-0.2, 0) is 5.60 Å². The van der Waals surface area contributed by atoms with E-state index >= 15 is 0 Å². The molecule has 4 nitrogen and oxygen atoms in total. The lowest BCUT2D eigenvalue weighted by Gasteiger charge is -2.18. The van der Waals surface area contributed by atoms with E-state index in [1.807, 2.05) is 24.3 Å². The van der Waals surface area contributed by atoms with Crippen LogP contribution in [0.2, 0.25) is 0 Å². The van der Waals surface area contributed by atoms with Gasteiger partial charge in [0.25, 0.3) is 0 Å². The monoisotopic (exact) mass is 404 g/mol. The van der Waals surface area contributed by atoms with Crippen LogP contribution in [0.1, 0.15) is 19.4 Å². The van der Waals surface area contributed by atoms with Gasteiger partial charge in [0.05, 0.1) is 23.1 Å². The molecule has 2 aromatic carbocycles. The van der Waals surface area contributed by atoms with Gasteiger partial charge in [0.1, 0.15) is 17.2 Å². The summed E-state index contributed by atoms with van der Waals surface area (Å²) in [6.07, 6.45) is 3.18. The molecule has 3 aromatic heterocycles. The Bertz CT molecular complexity index is 1380. The Hall–Kier alpha value is -3.51. The first-order valence-electron chi connectivity index (χ1n) is 9.50. The zero-order valence-electron chi connectivity index (χ0n) is 16.4. The van der Waals surface area contributed by atoms with E-state index in [0.29, 0.717) is 28.2 Å². The molecule has 3 heterocycles. The zero-order valence-corrected chi connectivity index (χ0v) is 16.4. The average Bonchev–Trinajstić information content (AvgIpc) is 3.32. The highest BCUT2D eigenvalue weighted by Crippen LogP contribution is 2.34. The Balaban J connectivity index is 1.66. The van der Waals surface area contributed by atoms with Crippen LogP contribution in [0.15, 0.2) is 71.4 Å². The number of fused-ring (bicyclic) bond motifs is 2. The van der Waals surface area contributed by atoms with E-state index < -0.39 is 17.2 Å². The smallest absolute Gasteiger partial charge is 0.174 e. The van der Waals surface area contributed by atoms with Gasteiger partial charge < -0.3 is 9.52 Å². The Morgan fingerprint density at radius 1 is 1.03 bits per heavy atom. The molecule has 0 unspecified atom stereocenters. The number of nitrogens with zero attached hydrogens (tertiary/aromatic N) is 2. The lowest BCUT2D eigenvalue weighted by atomic mass is 9.99. The van der Waals surface area contributed by atoms with Crippen LogP contribution in [0.25, 0.3) is 39.2 Å². The Labute approximate surface area is 171 Å². The van der Waals surface area contributed by atoms with Crippen molar-refractivity contribution in [3.05, 3.63) is 84.2 Å². The summed E-state index contributed by atoms with van der Waals surface area (Å²) in [5.41, 5.74) is 1.18. The Morgan fingerprint density at radius 2 is 1.83 bits per heavy atom. The summed E-state index contributed by atoms with van der Waals surface area (Å²) in [6.45, 7) is 3.04. The number of benzene rings is 2. The van der Waals surface area contributed by atoms with Crippen molar-refractivity contribution in [2.45, 2.75) is 19.4 Å². The number of imidazole rings is 1. The van der Waals surface area contributed by atoms with Crippen LogP contribution in [0, 0.1) is 11.6 Å². The van der Waals surface area contributed by atoms with E-state index in [1.165, 1.54) is 32.2 Å². The van der Waals surface area contributed by atoms with Crippen LogP contribution in [-0.4, -0.2) is 14.5 Å². The lowest BCUT2D eigenvalue weighted by Crippen LogP contribution is -2.18. The molecule has 0 aliphatic carbocycles. The summed E-state index contributed by atoms with van der Waals surface area (Å²) in [5, 5.41) is 11.1. The quantitative estimate of drug-likeness (QED) is 0.406. The van der Waals surface area contributed by atoms with Gasteiger partial charge in [-0.1, -0.05) is 18.2 Å². The predicted octanol–water partition coefficient (Wildman–Crippen LogP) is 5.92. The first-order chi connectivity index (χ1) is 14.3. The molecule has 150 valence electrons. The van der Waals surface area contributed by atoms with Gasteiger partial charge in [-0.3, -0.25) is 4.40 Å². The van der Waals surface area contributed by atoms with Gasteiger partial charge in [-0.05, 0) is 50.2 Å². The molecule has 0 aliphatic rings. The van der Waals surface area contributed by atoms with Crippen molar-refractivity contribution in [1.82, 2.24) is 9.38 Å². The standard InChI is InChI=1S/C24H18F2N2O2/c1-24(2,29)17-9-10-28-19(13-27-23(28)22(17)26)14-7-8-18(25)16(11-14)21-12-15-5-3-4-6-20(15)30-21/h3-13,29H,1-2H3. The van der Waals surface area contributed by atoms with Crippen molar-refractivity contribution in [2.24, 2.45) is 0 Å². The number of aromatic nitrogens is 2. The van der Waals surface area contributed by atoms with Crippen molar-refractivity contribution in [3.63, 3.8) is 0 Å². The summed E-state index contributed by atoms with van der Waals surface area (Å²) >= 11 is 0. The molecule has 1 N–H and O–H groups in total. The van der Waals surface area contributed by atoms with Crippen LogP contribution >= 0.6 is 0 Å². The third kappa shape index (κ3) is 2.88. The minimum atomic E-state index is -1.33. The van der Waals surface area contributed by atoms with Crippen molar-refractivity contribution < 1.29 is 18.3 Å². The molecule has 0 saturated carbocycles. The zero-order chi connectivity index (χ0) is 21.0. The highest BCUT2D eigenvalue weighted by Gasteiger charge is 2.24. The number of hydrogen-bond acceptors (Lipinski definition) is 3. The largest absolute Gasteiger partial charge is 0.456 e. The van der Waals surface area contributed by atoms with Crippen LogP contribution in [0.3, 0.4) is 0 Å². The maximum absolute atomic E-state index is 14.9. The maximum atomic E-state index is 14.9. The molecule has 0 radical (unpaired) electrons. The SMILES string of the molecule is CC(C)(O)c1ccn2c(-c3ccc(F)c(-c4cc5ccccc5o4)c3)cnc2c1F. The molecule has 0 amide bonds. The fourth-order valence-corrected chi connectivity index (χ4v) is 3.69. The van der Waals surface area contributed by atoms with E-state index in [4.69, 9.17) is 4.42 Å². The van der Waals surface area contributed by atoms with Gasteiger partial charge in [0.2, 0.25) is 0 Å². The van der Waals surface area contributed by atoms with Gasteiger partial charge in [-0.15, -0.1) is 0 Å². The molecule has 6 heteroatoms. The van der Waals surface area contributed by atoms with E-state index in [9.17, 15) is 13.9 Å². The Morgan fingerprint density at radius 3 is 2.60 bits per heavy atom. The number of aliphatic hydroxyl groups is 1. The summed E-state index contributed by atoms with van der Waals surface area (Å²) in [5.74, 6) is -0.585. The maximum Gasteiger partial charge on any atom is 0.174 e. The molecule has 30 heavy (non-hydrogen) atoms. The summed E-state index contributed by atoms with van der Waals surface area (Å²) in [4.78, 5) is 4.19. The summed E-state index contributed by atoms with van der Waals surface area (Å²) < 4.78 is 36.9. The van der Waals surface area contributed by atoms with Crippen LogP contribution < -0.4 is 0 Å². The Kier molecular flexibility index (Phi) is 4.01. The highest BCUT2D eigenvalue weighted by molar-refractivity contribution is 5.83. The molecule has 5 rings (SSSR count). The van der Waals surface area contributed by atoms with Crippen LogP contribution in [0.5, 0.6) is 0 Å². The van der Waals surface area contributed by atoms with Gasteiger partial charge in [0.15, 0.2) is 11.5 Å². The number of halogens is 2. The van der Waals surface area contributed by atoms with E-state index in [1.54, 1.807) is 28.8 Å². The minimum Gasteiger partial charge on any atom is -0.456 e. The first-order valence-corrected chi connectivity index (χ1v) is 9.50. The molecule has 0 fully saturated rings. The second kappa shape index (κ2) is 6.50. The van der Waals surface area contributed by atoms with Crippen molar-refractivity contribution in [3.8, 4) is 22.6 Å². The minimum absolute atomic E-state index is 0.0965. The third-order valence-electron chi connectivity index (χ3n) is 5.23. The molecule has 0 atom stereocenters. The number of pyridine rings is 1.